The van der Waals surface area contributed by atoms with Crippen molar-refractivity contribution in [2.45, 2.75) is 31.5 Å². The molecule has 2 aliphatic heterocycles. The molecular formula is C37H31ClN2O4. The molecule has 1 aromatic heterocycles. The van der Waals surface area contributed by atoms with Crippen LogP contribution in [0.1, 0.15) is 47.2 Å². The molecule has 5 aromatic rings. The van der Waals surface area contributed by atoms with E-state index in [1.807, 2.05) is 91.9 Å². The second-order valence-electron chi connectivity index (χ2n) is 11.4. The lowest BCUT2D eigenvalue weighted by Gasteiger charge is -2.53. The van der Waals surface area contributed by atoms with Crippen LogP contribution in [-0.2, 0) is 16.1 Å². The average Bonchev–Trinajstić information content (AvgIpc) is 3.06. The van der Waals surface area contributed by atoms with Gasteiger partial charge in [0, 0.05) is 40.0 Å². The van der Waals surface area contributed by atoms with Crippen molar-refractivity contribution in [2.24, 2.45) is 5.92 Å². The molecule has 4 aromatic carbocycles. The van der Waals surface area contributed by atoms with Gasteiger partial charge in [0.05, 0.1) is 24.8 Å². The summed E-state index contributed by atoms with van der Waals surface area (Å²) in [7, 11) is 1.43. The first-order chi connectivity index (χ1) is 21.5. The lowest BCUT2D eigenvalue weighted by atomic mass is 9.64. The van der Waals surface area contributed by atoms with Crippen LogP contribution in [0.5, 0.6) is 0 Å². The number of ether oxygens (including phenoxy) is 1. The topological polar surface area (TPSA) is 71.8 Å². The second kappa shape index (κ2) is 11.4. The molecule has 220 valence electrons. The molecule has 1 N–H and O–H groups in total. The fraction of sp³-hybridized carbons (Fsp3) is 0.189. The lowest BCUT2D eigenvalue weighted by molar-refractivity contribution is -0.137. The molecule has 0 fully saturated rings. The van der Waals surface area contributed by atoms with E-state index in [1.165, 1.54) is 7.11 Å². The lowest BCUT2D eigenvalue weighted by Crippen LogP contribution is -2.49. The van der Waals surface area contributed by atoms with Gasteiger partial charge < -0.3 is 19.4 Å². The van der Waals surface area contributed by atoms with Gasteiger partial charge in [-0.05, 0) is 41.8 Å². The Labute approximate surface area is 260 Å². The number of rotatable bonds is 5. The molecule has 0 amide bonds. The van der Waals surface area contributed by atoms with Gasteiger partial charge in [-0.3, -0.25) is 0 Å². The van der Waals surface area contributed by atoms with Crippen LogP contribution in [0.25, 0.3) is 11.0 Å². The molecule has 4 atom stereocenters. The van der Waals surface area contributed by atoms with E-state index in [4.69, 9.17) is 20.8 Å². The van der Waals surface area contributed by atoms with E-state index in [1.54, 1.807) is 0 Å². The van der Waals surface area contributed by atoms with Gasteiger partial charge in [0.25, 0.3) is 0 Å². The zero-order valence-electron chi connectivity index (χ0n) is 24.4. The second-order valence-corrected chi connectivity index (χ2v) is 11.8. The summed E-state index contributed by atoms with van der Waals surface area (Å²) in [6.07, 6.45) is 0. The fourth-order valence-electron chi connectivity index (χ4n) is 7.17. The van der Waals surface area contributed by atoms with Crippen molar-refractivity contribution in [3.63, 3.8) is 0 Å². The number of nitrogens with zero attached hydrogens (tertiary/aromatic N) is 1. The van der Waals surface area contributed by atoms with Crippen molar-refractivity contribution in [3.05, 3.63) is 158 Å². The van der Waals surface area contributed by atoms with E-state index in [9.17, 15) is 9.59 Å². The summed E-state index contributed by atoms with van der Waals surface area (Å²) >= 11 is 6.34. The third kappa shape index (κ3) is 4.66. The van der Waals surface area contributed by atoms with Crippen LogP contribution in [0.3, 0.4) is 0 Å². The van der Waals surface area contributed by atoms with Crippen molar-refractivity contribution < 1.29 is 13.9 Å². The Morgan fingerprint density at radius 3 is 2.25 bits per heavy atom. The molecule has 2 aliphatic rings. The largest absolute Gasteiger partial charge is 0.466 e. The first-order valence-corrected chi connectivity index (χ1v) is 15.1. The van der Waals surface area contributed by atoms with E-state index >= 15 is 0 Å². The molecule has 0 aliphatic carbocycles. The van der Waals surface area contributed by atoms with Crippen LogP contribution in [0.4, 0.5) is 5.69 Å². The highest BCUT2D eigenvalue weighted by Crippen LogP contribution is 2.59. The fourth-order valence-corrected chi connectivity index (χ4v) is 7.30. The maximum atomic E-state index is 13.8. The molecule has 0 bridgehead atoms. The molecular weight excluding hydrogens is 572 g/mol. The first-order valence-electron chi connectivity index (χ1n) is 14.7. The predicted molar refractivity (Wildman–Crippen MR) is 172 cm³/mol. The zero-order valence-corrected chi connectivity index (χ0v) is 25.1. The molecule has 0 saturated carbocycles. The number of fused-ring (bicyclic) bond motifs is 5. The smallest absolute Gasteiger partial charge is 0.360 e. The Morgan fingerprint density at radius 1 is 0.886 bits per heavy atom. The predicted octanol–water partition coefficient (Wildman–Crippen LogP) is 8.02. The molecule has 44 heavy (non-hydrogen) atoms. The van der Waals surface area contributed by atoms with Gasteiger partial charge in [-0.25, -0.2) is 9.59 Å². The van der Waals surface area contributed by atoms with Gasteiger partial charge in [0.1, 0.15) is 11.3 Å². The number of hydrogen-bond acceptors (Lipinski definition) is 6. The number of anilines is 1. The van der Waals surface area contributed by atoms with E-state index in [-0.39, 0.29) is 29.9 Å². The van der Waals surface area contributed by atoms with E-state index in [2.05, 4.69) is 34.5 Å². The summed E-state index contributed by atoms with van der Waals surface area (Å²) in [5, 5.41) is 5.10. The molecule has 0 spiro atoms. The van der Waals surface area contributed by atoms with E-state index < -0.39 is 5.63 Å². The summed E-state index contributed by atoms with van der Waals surface area (Å²) in [4.78, 5) is 29.8. The van der Waals surface area contributed by atoms with Crippen molar-refractivity contribution in [1.82, 2.24) is 4.90 Å². The Bertz CT molecular complexity index is 1940. The Kier molecular flexibility index (Phi) is 7.23. The van der Waals surface area contributed by atoms with Crippen LogP contribution in [0.2, 0.25) is 5.02 Å². The average molecular weight is 603 g/mol. The maximum Gasteiger partial charge on any atom is 0.360 e. The Hall–Kier alpha value is -4.81. The standard InChI is InChI=1S/C37H31ClN2O4/c1-22-29(36(41)43-2)30(24-13-7-4-8-14-24)32-33(25-17-19-26(38)20-18-25)39-34-31(27-15-9-10-16-28(27)44-37(34)42)35(32)40(22)21-23-11-5-3-6-12-23/h3-20,30,32-33,35,39H,21H2,1-2H3/t30?,32-,33-,35+/m0/s1. The summed E-state index contributed by atoms with van der Waals surface area (Å²) < 4.78 is 11.3. The Morgan fingerprint density at radius 2 is 1.55 bits per heavy atom. The molecule has 3 heterocycles. The number of hydrogen-bond donors (Lipinski definition) is 1. The number of allylic oxidation sites excluding steroid dienone is 1. The third-order valence-electron chi connectivity index (χ3n) is 9.04. The molecule has 1 unspecified atom stereocenters. The minimum Gasteiger partial charge on any atom is -0.466 e. The number of para-hydroxylation sites is 1. The number of esters is 1. The van der Waals surface area contributed by atoms with Gasteiger partial charge >= 0.3 is 11.6 Å². The van der Waals surface area contributed by atoms with Crippen LogP contribution >= 0.6 is 11.6 Å². The highest BCUT2D eigenvalue weighted by Gasteiger charge is 2.52. The number of carbonyl (C=O) groups is 1. The SMILES string of the molecule is COC(=O)C1=C(C)N(Cc2ccccc2)[C@@H]2c3c(c(=O)oc4ccccc34)N[C@@H](c3ccc(Cl)cc3)[C@@H]2C1c1ccccc1. The monoisotopic (exact) mass is 602 g/mol. The van der Waals surface area contributed by atoms with Crippen LogP contribution in [0, 0.1) is 5.92 Å². The third-order valence-corrected chi connectivity index (χ3v) is 9.29. The van der Waals surface area contributed by atoms with Gasteiger partial charge in [-0.15, -0.1) is 0 Å². The first kappa shape index (κ1) is 28.0. The van der Waals surface area contributed by atoms with Crippen LogP contribution in [-0.4, -0.2) is 18.0 Å². The number of halogens is 1. The zero-order chi connectivity index (χ0) is 30.4. The quantitative estimate of drug-likeness (QED) is 0.162. The highest BCUT2D eigenvalue weighted by atomic mass is 35.5. The van der Waals surface area contributed by atoms with Gasteiger partial charge in [-0.1, -0.05) is 103 Å². The number of nitrogens with one attached hydrogen (secondary N) is 1. The molecule has 7 rings (SSSR count). The summed E-state index contributed by atoms with van der Waals surface area (Å²) in [5.74, 6) is -0.961. The van der Waals surface area contributed by atoms with Gasteiger partial charge in [0.2, 0.25) is 0 Å². The molecule has 7 heteroatoms. The normalized spacial score (nSPS) is 20.9. The van der Waals surface area contributed by atoms with E-state index in [0.717, 1.165) is 33.3 Å². The van der Waals surface area contributed by atoms with Gasteiger partial charge in [-0.2, -0.15) is 0 Å². The minimum atomic E-state index is -0.424. The van der Waals surface area contributed by atoms with E-state index in [0.29, 0.717) is 28.4 Å². The number of carbonyl (C=O) groups excluding carboxylic acids is 1. The van der Waals surface area contributed by atoms with Crippen molar-refractivity contribution in [1.29, 1.82) is 0 Å². The molecule has 0 saturated heterocycles. The summed E-state index contributed by atoms with van der Waals surface area (Å²) in [5.41, 5.74) is 5.86. The Balaban J connectivity index is 1.59. The summed E-state index contributed by atoms with van der Waals surface area (Å²) in [6, 6.07) is 35.0. The van der Waals surface area contributed by atoms with Crippen molar-refractivity contribution >= 4 is 34.2 Å². The highest BCUT2D eigenvalue weighted by molar-refractivity contribution is 6.30. The molecule has 6 nitrogen and oxygen atoms in total. The minimum absolute atomic E-state index is 0.238. The van der Waals surface area contributed by atoms with Crippen LogP contribution < -0.4 is 10.9 Å². The van der Waals surface area contributed by atoms with Gasteiger partial charge in [0.15, 0.2) is 0 Å². The van der Waals surface area contributed by atoms with Crippen molar-refractivity contribution in [3.8, 4) is 0 Å². The summed E-state index contributed by atoms with van der Waals surface area (Å²) in [6.45, 7) is 2.52. The van der Waals surface area contributed by atoms with Crippen molar-refractivity contribution in [2.75, 3.05) is 12.4 Å². The molecule has 0 radical (unpaired) electrons. The number of methoxy groups -OCH3 is 1. The number of benzene rings is 4. The van der Waals surface area contributed by atoms with Crippen LogP contribution in [0.15, 0.2) is 130 Å². The maximum absolute atomic E-state index is 13.8.